The maximum absolute atomic E-state index is 5.33. The molecule has 0 fully saturated rings. The third-order valence-corrected chi connectivity index (χ3v) is 2.70. The summed E-state index contributed by atoms with van der Waals surface area (Å²) in [4.78, 5) is 0. The monoisotopic (exact) mass is 215 g/mol. The molecule has 86 valence electrons. The summed E-state index contributed by atoms with van der Waals surface area (Å²) in [5.74, 6) is 2.72. The second kappa shape index (κ2) is 7.09. The molecule has 0 spiro atoms. The summed E-state index contributed by atoms with van der Waals surface area (Å²) in [7, 11) is 0. The highest BCUT2D eigenvalue weighted by Gasteiger charge is 2.08. The lowest BCUT2D eigenvalue weighted by atomic mass is 10.0. The summed E-state index contributed by atoms with van der Waals surface area (Å²) >= 11 is 0. The Morgan fingerprint density at radius 1 is 1.31 bits per heavy atom. The lowest BCUT2D eigenvalue weighted by Crippen LogP contribution is -2.22. The second-order valence-corrected chi connectivity index (χ2v) is 4.16. The fourth-order valence-electron chi connectivity index (χ4n) is 1.73. The molecule has 1 aromatic rings. The van der Waals surface area contributed by atoms with Crippen LogP contribution in [0, 0.1) is 19.3 Å². The highest BCUT2D eigenvalue weighted by Crippen LogP contribution is 2.18. The first kappa shape index (κ1) is 12.8. The Morgan fingerprint density at radius 2 is 2.00 bits per heavy atom. The van der Waals surface area contributed by atoms with Crippen LogP contribution in [0.1, 0.15) is 43.4 Å². The van der Waals surface area contributed by atoms with Crippen LogP contribution in [0.2, 0.25) is 0 Å². The third kappa shape index (κ3) is 4.08. The van der Waals surface area contributed by atoms with Crippen LogP contribution in [0.3, 0.4) is 0 Å². The average molecular weight is 215 g/mol. The normalized spacial score (nSPS) is 12.1. The van der Waals surface area contributed by atoms with E-state index in [2.05, 4.69) is 49.4 Å². The standard InChI is InChI=1S/C15H21N/c1-4-6-7-15(16-12-5-2)14-10-8-13(3)9-11-14/h1,8-11,15-16H,5-7,12H2,2-3H3. The van der Waals surface area contributed by atoms with E-state index >= 15 is 0 Å². The fraction of sp³-hybridized carbons (Fsp3) is 0.467. The molecule has 0 radical (unpaired) electrons. The Morgan fingerprint density at radius 3 is 2.56 bits per heavy atom. The van der Waals surface area contributed by atoms with Gasteiger partial charge >= 0.3 is 0 Å². The van der Waals surface area contributed by atoms with Gasteiger partial charge in [0.05, 0.1) is 0 Å². The van der Waals surface area contributed by atoms with Gasteiger partial charge < -0.3 is 5.32 Å². The number of aryl methyl sites for hydroxylation is 1. The molecule has 1 atom stereocenters. The van der Waals surface area contributed by atoms with Gasteiger partial charge in [-0.15, -0.1) is 12.3 Å². The van der Waals surface area contributed by atoms with E-state index in [1.807, 2.05) is 0 Å². The Bertz CT molecular complexity index is 331. The van der Waals surface area contributed by atoms with E-state index in [1.165, 1.54) is 11.1 Å². The number of hydrogen-bond donors (Lipinski definition) is 1. The van der Waals surface area contributed by atoms with Gasteiger partial charge in [0, 0.05) is 12.5 Å². The van der Waals surface area contributed by atoms with Crippen molar-refractivity contribution in [1.29, 1.82) is 0 Å². The van der Waals surface area contributed by atoms with E-state index in [4.69, 9.17) is 6.42 Å². The van der Waals surface area contributed by atoms with Crippen LogP contribution >= 0.6 is 0 Å². The van der Waals surface area contributed by atoms with Crippen molar-refractivity contribution in [1.82, 2.24) is 5.32 Å². The molecule has 1 aromatic carbocycles. The molecule has 16 heavy (non-hydrogen) atoms. The van der Waals surface area contributed by atoms with Crippen LogP contribution in [0.25, 0.3) is 0 Å². The van der Waals surface area contributed by atoms with Crippen LogP contribution in [-0.2, 0) is 0 Å². The molecule has 0 aromatic heterocycles. The fourth-order valence-corrected chi connectivity index (χ4v) is 1.73. The smallest absolute Gasteiger partial charge is 0.0329 e. The van der Waals surface area contributed by atoms with E-state index in [-0.39, 0.29) is 0 Å². The Labute approximate surface area is 99.3 Å². The first-order valence-corrected chi connectivity index (χ1v) is 6.01. The molecule has 1 unspecified atom stereocenters. The summed E-state index contributed by atoms with van der Waals surface area (Å²) in [5, 5.41) is 3.54. The zero-order valence-corrected chi connectivity index (χ0v) is 10.3. The van der Waals surface area contributed by atoms with Crippen LogP contribution in [0.15, 0.2) is 24.3 Å². The van der Waals surface area contributed by atoms with Gasteiger partial charge in [-0.3, -0.25) is 0 Å². The minimum Gasteiger partial charge on any atom is -0.310 e. The first-order chi connectivity index (χ1) is 7.77. The number of terminal acetylenes is 1. The SMILES string of the molecule is C#CCCC(NCCC)c1ccc(C)cc1. The van der Waals surface area contributed by atoms with Gasteiger partial charge in [-0.25, -0.2) is 0 Å². The topological polar surface area (TPSA) is 12.0 Å². The Kier molecular flexibility index (Phi) is 5.67. The maximum Gasteiger partial charge on any atom is 0.0329 e. The molecular formula is C15H21N. The highest BCUT2D eigenvalue weighted by atomic mass is 14.9. The lowest BCUT2D eigenvalue weighted by molar-refractivity contribution is 0.505. The van der Waals surface area contributed by atoms with Crippen molar-refractivity contribution in [2.75, 3.05) is 6.54 Å². The summed E-state index contributed by atoms with van der Waals surface area (Å²) in [6.45, 7) is 5.34. The van der Waals surface area contributed by atoms with Gasteiger partial charge in [0.2, 0.25) is 0 Å². The Hall–Kier alpha value is -1.26. The second-order valence-electron chi connectivity index (χ2n) is 4.16. The lowest BCUT2D eigenvalue weighted by Gasteiger charge is -2.18. The van der Waals surface area contributed by atoms with Gasteiger partial charge in [0.15, 0.2) is 0 Å². The molecule has 1 N–H and O–H groups in total. The molecule has 0 heterocycles. The average Bonchev–Trinajstić information content (AvgIpc) is 2.31. The van der Waals surface area contributed by atoms with Crippen molar-refractivity contribution in [2.45, 2.75) is 39.2 Å². The van der Waals surface area contributed by atoms with Crippen molar-refractivity contribution in [3.8, 4) is 12.3 Å². The molecule has 1 nitrogen and oxygen atoms in total. The minimum absolute atomic E-state index is 0.400. The summed E-state index contributed by atoms with van der Waals surface area (Å²) in [6, 6.07) is 9.10. The van der Waals surface area contributed by atoms with Crippen molar-refractivity contribution in [3.63, 3.8) is 0 Å². The van der Waals surface area contributed by atoms with Crippen LogP contribution in [0.5, 0.6) is 0 Å². The molecule has 0 saturated heterocycles. The van der Waals surface area contributed by atoms with E-state index < -0.39 is 0 Å². The molecule has 0 aliphatic heterocycles. The van der Waals surface area contributed by atoms with Gasteiger partial charge in [-0.05, 0) is 31.9 Å². The van der Waals surface area contributed by atoms with Crippen molar-refractivity contribution in [3.05, 3.63) is 35.4 Å². The van der Waals surface area contributed by atoms with Gasteiger partial charge in [-0.1, -0.05) is 36.8 Å². The third-order valence-electron chi connectivity index (χ3n) is 2.70. The number of hydrogen-bond acceptors (Lipinski definition) is 1. The van der Waals surface area contributed by atoms with Gasteiger partial charge in [-0.2, -0.15) is 0 Å². The molecule has 0 aliphatic carbocycles. The predicted molar refractivity (Wildman–Crippen MR) is 70.3 cm³/mol. The van der Waals surface area contributed by atoms with Crippen molar-refractivity contribution in [2.24, 2.45) is 0 Å². The number of benzene rings is 1. The zero-order chi connectivity index (χ0) is 11.8. The molecule has 1 rings (SSSR count). The summed E-state index contributed by atoms with van der Waals surface area (Å²) in [6.07, 6.45) is 8.32. The Balaban J connectivity index is 2.67. The first-order valence-electron chi connectivity index (χ1n) is 6.01. The van der Waals surface area contributed by atoms with Crippen molar-refractivity contribution >= 4 is 0 Å². The van der Waals surface area contributed by atoms with E-state index in [9.17, 15) is 0 Å². The quantitative estimate of drug-likeness (QED) is 0.717. The molecule has 0 amide bonds. The maximum atomic E-state index is 5.33. The van der Waals surface area contributed by atoms with E-state index in [0.717, 1.165) is 25.8 Å². The molecule has 0 saturated carbocycles. The molecule has 0 aliphatic rings. The summed E-state index contributed by atoms with van der Waals surface area (Å²) < 4.78 is 0. The summed E-state index contributed by atoms with van der Waals surface area (Å²) in [5.41, 5.74) is 2.64. The largest absolute Gasteiger partial charge is 0.310 e. The zero-order valence-electron chi connectivity index (χ0n) is 10.3. The minimum atomic E-state index is 0.400. The highest BCUT2D eigenvalue weighted by molar-refractivity contribution is 5.24. The predicted octanol–water partition coefficient (Wildman–Crippen LogP) is 3.45. The number of rotatable bonds is 6. The van der Waals surface area contributed by atoms with E-state index in [0.29, 0.717) is 6.04 Å². The van der Waals surface area contributed by atoms with E-state index in [1.54, 1.807) is 0 Å². The number of nitrogens with one attached hydrogen (secondary N) is 1. The van der Waals surface area contributed by atoms with Gasteiger partial charge in [0.1, 0.15) is 0 Å². The van der Waals surface area contributed by atoms with Crippen LogP contribution < -0.4 is 5.32 Å². The van der Waals surface area contributed by atoms with Crippen molar-refractivity contribution < 1.29 is 0 Å². The molecular weight excluding hydrogens is 194 g/mol. The molecule has 1 heteroatoms. The van der Waals surface area contributed by atoms with Crippen LogP contribution in [-0.4, -0.2) is 6.54 Å². The van der Waals surface area contributed by atoms with Gasteiger partial charge in [0.25, 0.3) is 0 Å². The molecule has 0 bridgehead atoms. The van der Waals surface area contributed by atoms with Crippen LogP contribution in [0.4, 0.5) is 0 Å².